The number of para-hydroxylation sites is 2. The van der Waals surface area contributed by atoms with Crippen molar-refractivity contribution in [3.63, 3.8) is 0 Å². The van der Waals surface area contributed by atoms with E-state index in [1.165, 1.54) is 17.0 Å². The summed E-state index contributed by atoms with van der Waals surface area (Å²) in [6.45, 7) is 7.54. The molecule has 0 aliphatic rings. The van der Waals surface area contributed by atoms with E-state index in [4.69, 9.17) is 4.74 Å². The van der Waals surface area contributed by atoms with Gasteiger partial charge in [-0.15, -0.1) is 0 Å². The fraction of sp³-hybridized carbons (Fsp3) is 0.297. The zero-order valence-corrected chi connectivity index (χ0v) is 27.7. The monoisotopic (exact) mass is 641 g/mol. The summed E-state index contributed by atoms with van der Waals surface area (Å²) < 4.78 is 35.4. The summed E-state index contributed by atoms with van der Waals surface area (Å²) in [5, 5.41) is 3.07. The molecule has 8 nitrogen and oxygen atoms in total. The van der Waals surface area contributed by atoms with E-state index < -0.39 is 28.5 Å². The van der Waals surface area contributed by atoms with E-state index in [0.717, 1.165) is 21.0 Å². The lowest BCUT2D eigenvalue weighted by Gasteiger charge is -2.35. The van der Waals surface area contributed by atoms with Gasteiger partial charge in [0.05, 0.1) is 17.2 Å². The molecule has 46 heavy (non-hydrogen) atoms. The van der Waals surface area contributed by atoms with Crippen molar-refractivity contribution in [3.05, 3.63) is 126 Å². The molecular weight excluding hydrogens is 598 g/mol. The first-order chi connectivity index (χ1) is 22.1. The number of nitrogens with one attached hydrogen (secondary N) is 1. The van der Waals surface area contributed by atoms with Gasteiger partial charge >= 0.3 is 0 Å². The van der Waals surface area contributed by atoms with Crippen LogP contribution in [0, 0.1) is 6.92 Å². The van der Waals surface area contributed by atoms with E-state index in [1.807, 2.05) is 82.3 Å². The van der Waals surface area contributed by atoms with Crippen LogP contribution in [0.25, 0.3) is 0 Å². The van der Waals surface area contributed by atoms with Crippen LogP contribution in [0.3, 0.4) is 0 Å². The van der Waals surface area contributed by atoms with Crippen molar-refractivity contribution in [1.82, 2.24) is 10.2 Å². The summed E-state index contributed by atoms with van der Waals surface area (Å²) in [5.41, 5.74) is 2.93. The van der Waals surface area contributed by atoms with Gasteiger partial charge in [0.1, 0.15) is 18.3 Å². The summed E-state index contributed by atoms with van der Waals surface area (Å²) in [6.07, 6.45) is 0.967. The average molecular weight is 642 g/mol. The van der Waals surface area contributed by atoms with Crippen molar-refractivity contribution in [2.24, 2.45) is 0 Å². The van der Waals surface area contributed by atoms with Crippen molar-refractivity contribution in [2.45, 2.75) is 64.1 Å². The maximum absolute atomic E-state index is 14.7. The molecule has 4 rings (SSSR count). The minimum absolute atomic E-state index is 0.0369. The number of ether oxygens (including phenoxy) is 1. The molecule has 0 bridgehead atoms. The van der Waals surface area contributed by atoms with Gasteiger partial charge in [0.15, 0.2) is 0 Å². The number of anilines is 1. The highest BCUT2D eigenvalue weighted by molar-refractivity contribution is 7.92. The Morgan fingerprint density at radius 2 is 1.43 bits per heavy atom. The van der Waals surface area contributed by atoms with E-state index >= 15 is 0 Å². The number of hydrogen-bond donors (Lipinski definition) is 1. The molecule has 242 valence electrons. The summed E-state index contributed by atoms with van der Waals surface area (Å²) in [5.74, 6) is -0.486. The third-order valence-electron chi connectivity index (χ3n) is 7.92. The Bertz CT molecular complexity index is 1700. The number of benzene rings is 4. The van der Waals surface area contributed by atoms with Gasteiger partial charge in [0, 0.05) is 19.0 Å². The topological polar surface area (TPSA) is 96.0 Å². The molecular formula is C37H43N3O5S. The number of sulfonamides is 1. The van der Waals surface area contributed by atoms with E-state index in [2.05, 4.69) is 5.32 Å². The molecule has 0 radical (unpaired) electrons. The highest BCUT2D eigenvalue weighted by Gasteiger charge is 2.36. The largest absolute Gasteiger partial charge is 0.492 e. The van der Waals surface area contributed by atoms with Crippen LogP contribution in [0.2, 0.25) is 0 Å². The molecule has 0 fully saturated rings. The Labute approximate surface area is 273 Å². The van der Waals surface area contributed by atoms with E-state index in [1.54, 1.807) is 42.5 Å². The Balaban J connectivity index is 1.84. The van der Waals surface area contributed by atoms with Gasteiger partial charge in [-0.25, -0.2) is 8.42 Å². The smallest absolute Gasteiger partial charge is 0.264 e. The van der Waals surface area contributed by atoms with Crippen LogP contribution in [-0.4, -0.2) is 50.4 Å². The van der Waals surface area contributed by atoms with Crippen LogP contribution in [0.5, 0.6) is 5.75 Å². The molecule has 0 saturated heterocycles. The molecule has 2 unspecified atom stereocenters. The lowest BCUT2D eigenvalue weighted by Crippen LogP contribution is -2.54. The van der Waals surface area contributed by atoms with Crippen molar-refractivity contribution < 1.29 is 22.7 Å². The number of carbonyl (C=O) groups is 2. The fourth-order valence-electron chi connectivity index (χ4n) is 5.14. The number of carbonyl (C=O) groups excluding carboxylic acids is 2. The Morgan fingerprint density at radius 1 is 0.826 bits per heavy atom. The first-order valence-corrected chi connectivity index (χ1v) is 17.1. The minimum Gasteiger partial charge on any atom is -0.492 e. The molecule has 4 aromatic rings. The van der Waals surface area contributed by atoms with Crippen molar-refractivity contribution in [2.75, 3.05) is 17.5 Å². The summed E-state index contributed by atoms with van der Waals surface area (Å²) >= 11 is 0. The standard InChI is InChI=1S/C37H43N3O5S/c1-5-29(4)38-37(42)34(25-30-18-9-7-10-19-30)39(26-31-20-14-13-17-28(31)3)36(41)27-40(33-23-15-16-24-35(33)45-6-2)46(43,44)32-21-11-8-12-22-32/h7-24,29,34H,5-6,25-27H2,1-4H3,(H,38,42). The van der Waals surface area contributed by atoms with Gasteiger partial charge in [0.2, 0.25) is 11.8 Å². The van der Waals surface area contributed by atoms with Crippen LogP contribution in [0.1, 0.15) is 43.9 Å². The SMILES string of the molecule is CCOc1ccccc1N(CC(=O)N(Cc1ccccc1C)C(Cc1ccccc1)C(=O)NC(C)CC)S(=O)(=O)c1ccccc1. The highest BCUT2D eigenvalue weighted by Crippen LogP contribution is 2.33. The lowest BCUT2D eigenvalue weighted by atomic mass is 10.0. The maximum atomic E-state index is 14.7. The number of hydrogen-bond acceptors (Lipinski definition) is 5. The van der Waals surface area contributed by atoms with Crippen molar-refractivity contribution >= 4 is 27.5 Å². The summed E-state index contributed by atoms with van der Waals surface area (Å²) in [4.78, 5) is 30.2. The molecule has 0 saturated carbocycles. The number of amides is 2. The second-order valence-corrected chi connectivity index (χ2v) is 13.1. The molecule has 2 atom stereocenters. The first kappa shape index (κ1) is 34.2. The highest BCUT2D eigenvalue weighted by atomic mass is 32.2. The normalized spacial score (nSPS) is 12.5. The molecule has 0 aliphatic heterocycles. The average Bonchev–Trinajstić information content (AvgIpc) is 3.07. The van der Waals surface area contributed by atoms with Crippen LogP contribution in [-0.2, 0) is 32.6 Å². The predicted molar refractivity (Wildman–Crippen MR) is 182 cm³/mol. The van der Waals surface area contributed by atoms with E-state index in [0.29, 0.717) is 18.8 Å². The van der Waals surface area contributed by atoms with Crippen LogP contribution >= 0.6 is 0 Å². The third kappa shape index (κ3) is 8.54. The fourth-order valence-corrected chi connectivity index (χ4v) is 6.59. The van der Waals surface area contributed by atoms with E-state index in [-0.39, 0.29) is 35.5 Å². The van der Waals surface area contributed by atoms with Gasteiger partial charge in [-0.1, -0.05) is 91.9 Å². The predicted octanol–water partition coefficient (Wildman–Crippen LogP) is 6.14. The second-order valence-electron chi connectivity index (χ2n) is 11.2. The maximum Gasteiger partial charge on any atom is 0.264 e. The molecule has 4 aromatic carbocycles. The molecule has 0 heterocycles. The Morgan fingerprint density at radius 3 is 2.09 bits per heavy atom. The van der Waals surface area contributed by atoms with Crippen LogP contribution in [0.4, 0.5) is 5.69 Å². The first-order valence-electron chi connectivity index (χ1n) is 15.6. The molecule has 1 N–H and O–H groups in total. The van der Waals surface area contributed by atoms with Gasteiger partial charge in [-0.05, 0) is 68.1 Å². The summed E-state index contributed by atoms with van der Waals surface area (Å²) in [6, 6.07) is 31.0. The molecule has 9 heteroatoms. The van der Waals surface area contributed by atoms with E-state index in [9.17, 15) is 18.0 Å². The zero-order valence-electron chi connectivity index (χ0n) is 26.9. The lowest BCUT2D eigenvalue weighted by molar-refractivity contribution is -0.140. The van der Waals surface area contributed by atoms with Crippen molar-refractivity contribution in [1.29, 1.82) is 0 Å². The molecule has 0 aliphatic carbocycles. The van der Waals surface area contributed by atoms with Gasteiger partial charge in [-0.2, -0.15) is 0 Å². The quantitative estimate of drug-likeness (QED) is 0.168. The Hall–Kier alpha value is -4.63. The van der Waals surface area contributed by atoms with Gasteiger partial charge in [-0.3, -0.25) is 13.9 Å². The zero-order chi connectivity index (χ0) is 33.1. The Kier molecular flexibility index (Phi) is 12.0. The molecule has 2 amide bonds. The van der Waals surface area contributed by atoms with Crippen molar-refractivity contribution in [3.8, 4) is 5.75 Å². The number of rotatable bonds is 15. The summed E-state index contributed by atoms with van der Waals surface area (Å²) in [7, 11) is -4.23. The van der Waals surface area contributed by atoms with Crippen LogP contribution < -0.4 is 14.4 Å². The minimum atomic E-state index is -4.23. The number of nitrogens with zero attached hydrogens (tertiary/aromatic N) is 2. The molecule has 0 spiro atoms. The van der Waals surface area contributed by atoms with Gasteiger partial charge < -0.3 is 15.0 Å². The van der Waals surface area contributed by atoms with Gasteiger partial charge in [0.25, 0.3) is 10.0 Å². The molecule has 0 aromatic heterocycles. The second kappa shape index (κ2) is 16.1. The number of aryl methyl sites for hydroxylation is 1. The third-order valence-corrected chi connectivity index (χ3v) is 9.69. The van der Waals surface area contributed by atoms with Crippen LogP contribution in [0.15, 0.2) is 114 Å².